The normalized spacial score (nSPS) is 23.1. The molecular formula is C23H25N7O2. The van der Waals surface area contributed by atoms with Crippen LogP contribution < -0.4 is 10.1 Å². The molecule has 0 aromatic carbocycles. The van der Waals surface area contributed by atoms with E-state index in [2.05, 4.69) is 33.4 Å². The van der Waals surface area contributed by atoms with Gasteiger partial charge in [-0.25, -0.2) is 4.52 Å². The summed E-state index contributed by atoms with van der Waals surface area (Å²) in [6.45, 7) is 3.04. The van der Waals surface area contributed by atoms with Crippen LogP contribution in [0.15, 0.2) is 36.8 Å². The number of hydrogen-bond donors (Lipinski definition) is 2. The minimum atomic E-state index is -0.0641. The summed E-state index contributed by atoms with van der Waals surface area (Å²) in [5, 5.41) is 8.55. The molecule has 5 heterocycles. The number of nitrogens with one attached hydrogen (secondary N) is 2. The van der Waals surface area contributed by atoms with Crippen molar-refractivity contribution in [1.29, 1.82) is 0 Å². The fourth-order valence-corrected chi connectivity index (χ4v) is 5.26. The lowest BCUT2D eigenvalue weighted by Gasteiger charge is -2.51. The number of carbonyl (C=O) groups excluding carboxylic acids is 1. The van der Waals surface area contributed by atoms with Crippen LogP contribution in [0.2, 0.25) is 0 Å². The summed E-state index contributed by atoms with van der Waals surface area (Å²) in [6.07, 6.45) is 9.08. The smallest absolute Gasteiger partial charge is 0.228 e. The van der Waals surface area contributed by atoms with Gasteiger partial charge in [0.2, 0.25) is 17.7 Å². The number of nitrogens with zero attached hydrogens (tertiary/aromatic N) is 5. The van der Waals surface area contributed by atoms with E-state index in [1.54, 1.807) is 13.3 Å². The van der Waals surface area contributed by atoms with Crippen LogP contribution >= 0.6 is 0 Å². The van der Waals surface area contributed by atoms with Crippen LogP contribution in [0.25, 0.3) is 27.7 Å². The van der Waals surface area contributed by atoms with Gasteiger partial charge in [0, 0.05) is 48.7 Å². The van der Waals surface area contributed by atoms with Crippen LogP contribution in [0.5, 0.6) is 5.88 Å². The molecule has 1 aliphatic carbocycles. The summed E-state index contributed by atoms with van der Waals surface area (Å²) in [5.74, 6) is 1.34. The van der Waals surface area contributed by atoms with Crippen molar-refractivity contribution in [2.45, 2.75) is 44.2 Å². The first-order valence-electron chi connectivity index (χ1n) is 11.0. The van der Waals surface area contributed by atoms with Crippen molar-refractivity contribution in [2.24, 2.45) is 0 Å². The summed E-state index contributed by atoms with van der Waals surface area (Å²) < 4.78 is 7.48. The Bertz CT molecular complexity index is 1330. The first kappa shape index (κ1) is 19.1. The average molecular weight is 432 g/mol. The van der Waals surface area contributed by atoms with Crippen molar-refractivity contribution >= 4 is 28.4 Å². The van der Waals surface area contributed by atoms with Gasteiger partial charge in [-0.3, -0.25) is 4.79 Å². The number of fused-ring (bicyclic) bond motifs is 2. The van der Waals surface area contributed by atoms with Crippen molar-refractivity contribution < 1.29 is 9.53 Å². The molecule has 0 atom stereocenters. The minimum absolute atomic E-state index is 0.0641. The number of H-pyrrole nitrogens is 1. The van der Waals surface area contributed by atoms with Gasteiger partial charge >= 0.3 is 0 Å². The van der Waals surface area contributed by atoms with Crippen LogP contribution in [-0.2, 0) is 4.79 Å². The third-order valence-electron chi connectivity index (χ3n) is 6.83. The Morgan fingerprint density at radius 1 is 1.28 bits per heavy atom. The zero-order chi connectivity index (χ0) is 21.9. The Morgan fingerprint density at radius 2 is 2.16 bits per heavy atom. The van der Waals surface area contributed by atoms with Gasteiger partial charge in [0.25, 0.3) is 0 Å². The zero-order valence-corrected chi connectivity index (χ0v) is 18.1. The summed E-state index contributed by atoms with van der Waals surface area (Å²) in [7, 11) is 1.63. The second kappa shape index (κ2) is 6.94. The van der Waals surface area contributed by atoms with Gasteiger partial charge in [-0.15, -0.1) is 0 Å². The second-order valence-electron chi connectivity index (χ2n) is 8.99. The maximum Gasteiger partial charge on any atom is 0.228 e. The van der Waals surface area contributed by atoms with Crippen LogP contribution in [0, 0.1) is 0 Å². The molecule has 1 aliphatic heterocycles. The molecule has 164 valence electrons. The summed E-state index contributed by atoms with van der Waals surface area (Å²) >= 11 is 0. The summed E-state index contributed by atoms with van der Waals surface area (Å²) in [4.78, 5) is 26.8. The third kappa shape index (κ3) is 2.91. The van der Waals surface area contributed by atoms with Crippen LogP contribution in [0.3, 0.4) is 0 Å². The van der Waals surface area contributed by atoms with E-state index < -0.39 is 0 Å². The second-order valence-corrected chi connectivity index (χ2v) is 8.99. The number of ether oxygens (including phenoxy) is 1. The molecule has 2 N–H and O–H groups in total. The fraction of sp³-hybridized carbons (Fsp3) is 0.391. The van der Waals surface area contributed by atoms with Gasteiger partial charge in [0.05, 0.1) is 18.0 Å². The topological polar surface area (TPSA) is 100 Å². The van der Waals surface area contributed by atoms with E-state index in [0.717, 1.165) is 53.5 Å². The van der Waals surface area contributed by atoms with E-state index in [0.29, 0.717) is 18.2 Å². The molecule has 1 saturated heterocycles. The zero-order valence-electron chi connectivity index (χ0n) is 18.1. The lowest BCUT2D eigenvalue weighted by Crippen LogP contribution is -2.59. The van der Waals surface area contributed by atoms with Gasteiger partial charge in [-0.05, 0) is 49.9 Å². The molecular weight excluding hydrogens is 406 g/mol. The van der Waals surface area contributed by atoms with E-state index in [4.69, 9.17) is 9.72 Å². The van der Waals surface area contributed by atoms with Gasteiger partial charge in [0.15, 0.2) is 0 Å². The Kier molecular flexibility index (Phi) is 4.14. The van der Waals surface area contributed by atoms with Crippen LogP contribution in [-0.4, -0.2) is 60.6 Å². The Balaban J connectivity index is 1.27. The molecule has 4 aromatic rings. The molecule has 0 bridgehead atoms. The van der Waals surface area contributed by atoms with Gasteiger partial charge in [0.1, 0.15) is 5.65 Å². The van der Waals surface area contributed by atoms with E-state index in [-0.39, 0.29) is 17.5 Å². The average Bonchev–Trinajstić information content (AvgIpc) is 3.50. The highest BCUT2D eigenvalue weighted by Crippen LogP contribution is 2.41. The maximum atomic E-state index is 12.1. The molecule has 2 fully saturated rings. The van der Waals surface area contributed by atoms with Crippen molar-refractivity contribution in [3.63, 3.8) is 0 Å². The number of likely N-dealkylation sites (tertiary alicyclic amines) is 1. The number of hydrogen-bond acceptors (Lipinski definition) is 6. The molecule has 1 saturated carbocycles. The monoisotopic (exact) mass is 431 g/mol. The van der Waals surface area contributed by atoms with Crippen molar-refractivity contribution in [3.05, 3.63) is 36.8 Å². The van der Waals surface area contributed by atoms with E-state index in [9.17, 15) is 4.79 Å². The first-order valence-corrected chi connectivity index (χ1v) is 11.0. The molecule has 0 unspecified atom stereocenters. The Labute approximate surface area is 184 Å². The molecule has 9 nitrogen and oxygen atoms in total. The largest absolute Gasteiger partial charge is 0.480 e. The fourth-order valence-electron chi connectivity index (χ4n) is 5.26. The molecule has 2 aliphatic rings. The molecule has 4 aromatic heterocycles. The summed E-state index contributed by atoms with van der Waals surface area (Å²) in [6, 6.07) is 6.30. The molecule has 1 amide bonds. The lowest BCUT2D eigenvalue weighted by atomic mass is 9.73. The number of amides is 1. The third-order valence-corrected chi connectivity index (χ3v) is 6.83. The van der Waals surface area contributed by atoms with Gasteiger partial charge in [-0.2, -0.15) is 15.1 Å². The van der Waals surface area contributed by atoms with Crippen LogP contribution in [0.1, 0.15) is 32.6 Å². The van der Waals surface area contributed by atoms with E-state index >= 15 is 0 Å². The standard InChI is InChI=1S/C23H25N7O2/c1-23(29-8-3-4-18(29)31)11-15(12-23)26-22-27-20-19(21(28-22)32-2)17(13-24-20)14-6-9-30-16(10-14)5-7-25-30/h5-7,9-10,13,15H,3-4,8,11-12H2,1-2H3,(H2,24,26,27,28)/t15-,23+. The number of rotatable bonds is 5. The van der Waals surface area contributed by atoms with Gasteiger partial charge < -0.3 is 19.9 Å². The van der Waals surface area contributed by atoms with E-state index in [1.165, 1.54) is 0 Å². The molecule has 9 heteroatoms. The number of methoxy groups -OCH3 is 1. The first-order chi connectivity index (χ1) is 15.5. The predicted molar refractivity (Wildman–Crippen MR) is 121 cm³/mol. The maximum absolute atomic E-state index is 12.1. The number of aromatic amines is 1. The highest BCUT2D eigenvalue weighted by Gasteiger charge is 2.48. The van der Waals surface area contributed by atoms with Crippen molar-refractivity contribution in [3.8, 4) is 17.0 Å². The predicted octanol–water partition coefficient (Wildman–Crippen LogP) is 3.24. The van der Waals surface area contributed by atoms with Crippen molar-refractivity contribution in [1.82, 2.24) is 29.5 Å². The van der Waals surface area contributed by atoms with Gasteiger partial charge in [-0.1, -0.05) is 0 Å². The minimum Gasteiger partial charge on any atom is -0.480 e. The Morgan fingerprint density at radius 3 is 2.94 bits per heavy atom. The van der Waals surface area contributed by atoms with E-state index in [1.807, 2.05) is 33.9 Å². The molecule has 0 radical (unpaired) electrons. The van der Waals surface area contributed by atoms with Crippen molar-refractivity contribution in [2.75, 3.05) is 19.0 Å². The number of aromatic nitrogens is 5. The molecule has 0 spiro atoms. The lowest BCUT2D eigenvalue weighted by molar-refractivity contribution is -0.136. The Hall–Kier alpha value is -3.62. The molecule has 32 heavy (non-hydrogen) atoms. The number of pyridine rings is 1. The highest BCUT2D eigenvalue weighted by molar-refractivity contribution is 5.98. The highest BCUT2D eigenvalue weighted by atomic mass is 16.5. The van der Waals surface area contributed by atoms with Crippen LogP contribution in [0.4, 0.5) is 5.95 Å². The summed E-state index contributed by atoms with van der Waals surface area (Å²) in [5.41, 5.74) is 3.69. The number of anilines is 1. The molecule has 6 rings (SSSR count). The number of carbonyl (C=O) groups is 1. The quantitative estimate of drug-likeness (QED) is 0.503. The SMILES string of the molecule is COc1nc(N[C@H]2C[C@@](C)(N3CCCC3=O)C2)nc2[nH]cc(-c3ccn4nccc4c3)c12.